The summed E-state index contributed by atoms with van der Waals surface area (Å²) in [5.74, 6) is 0. The Balaban J connectivity index is 1.17. The Morgan fingerprint density at radius 1 is 0.364 bits per heavy atom. The van der Waals surface area contributed by atoms with Crippen LogP contribution in [0.15, 0.2) is 176 Å². The molecule has 0 spiro atoms. The monoisotopic (exact) mass is 699 g/mol. The van der Waals surface area contributed by atoms with Gasteiger partial charge in [0.1, 0.15) is 0 Å². The molecule has 11 rings (SSSR count). The van der Waals surface area contributed by atoms with Gasteiger partial charge in [-0.3, -0.25) is 0 Å². The first kappa shape index (κ1) is 30.7. The third-order valence-electron chi connectivity index (χ3n) is 11.1. The maximum Gasteiger partial charge on any atom is 0.211 e. The maximum atomic E-state index is 8.09. The van der Waals surface area contributed by atoms with Crippen LogP contribution in [0.3, 0.4) is 0 Å². The fourth-order valence-electron chi connectivity index (χ4n) is 8.75. The van der Waals surface area contributed by atoms with Crippen molar-refractivity contribution in [1.29, 1.82) is 0 Å². The van der Waals surface area contributed by atoms with Gasteiger partial charge in [0.05, 0.1) is 46.2 Å². The van der Waals surface area contributed by atoms with Crippen molar-refractivity contribution in [1.82, 2.24) is 13.7 Å². The lowest BCUT2D eigenvalue weighted by Crippen LogP contribution is -1.99. The highest BCUT2D eigenvalue weighted by atomic mass is 15.0. The van der Waals surface area contributed by atoms with Crippen LogP contribution in [0.5, 0.6) is 0 Å². The van der Waals surface area contributed by atoms with Gasteiger partial charge < -0.3 is 13.7 Å². The van der Waals surface area contributed by atoms with Crippen LogP contribution in [-0.4, -0.2) is 13.7 Å². The van der Waals surface area contributed by atoms with Crippen molar-refractivity contribution in [2.45, 2.75) is 0 Å². The maximum absolute atomic E-state index is 8.09. The van der Waals surface area contributed by atoms with Crippen molar-refractivity contribution in [3.05, 3.63) is 199 Å². The zero-order valence-electron chi connectivity index (χ0n) is 29.5. The van der Waals surface area contributed by atoms with Crippen LogP contribution in [0.25, 0.3) is 103 Å². The molecular formula is C50H29N5. The lowest BCUT2D eigenvalue weighted by Gasteiger charge is -2.17. The summed E-state index contributed by atoms with van der Waals surface area (Å²) in [7, 11) is 0. The Kier molecular flexibility index (Phi) is 6.61. The second-order valence-corrected chi connectivity index (χ2v) is 13.9. The van der Waals surface area contributed by atoms with E-state index in [-0.39, 0.29) is 0 Å². The van der Waals surface area contributed by atoms with Crippen molar-refractivity contribution in [3.8, 4) is 28.2 Å². The lowest BCUT2D eigenvalue weighted by molar-refractivity contribution is 1.15. The molecule has 8 aromatic carbocycles. The van der Waals surface area contributed by atoms with E-state index in [4.69, 9.17) is 13.1 Å². The summed E-state index contributed by atoms with van der Waals surface area (Å²) in [5, 5.41) is 6.93. The molecule has 0 bridgehead atoms. The first-order valence-corrected chi connectivity index (χ1v) is 18.3. The number of hydrogen-bond donors (Lipinski definition) is 0. The largest absolute Gasteiger partial charge is 0.320 e. The molecule has 0 unspecified atom stereocenters. The predicted molar refractivity (Wildman–Crippen MR) is 227 cm³/mol. The Hall–Kier alpha value is -7.86. The molecule has 0 atom stereocenters. The molecule has 0 N–H and O–H groups in total. The van der Waals surface area contributed by atoms with Crippen LogP contribution in [-0.2, 0) is 0 Å². The highest BCUT2D eigenvalue weighted by molar-refractivity contribution is 6.14. The van der Waals surface area contributed by atoms with E-state index in [2.05, 4.69) is 163 Å². The van der Waals surface area contributed by atoms with E-state index in [9.17, 15) is 0 Å². The van der Waals surface area contributed by atoms with Gasteiger partial charge in [0.2, 0.25) is 5.69 Å². The number of nitrogens with zero attached hydrogens (tertiary/aromatic N) is 5. The van der Waals surface area contributed by atoms with E-state index in [1.54, 1.807) is 0 Å². The molecule has 0 saturated carbocycles. The number of para-hydroxylation sites is 5. The van der Waals surface area contributed by atoms with E-state index in [1.165, 1.54) is 32.6 Å². The molecule has 11 aromatic rings. The Morgan fingerprint density at radius 2 is 0.891 bits per heavy atom. The van der Waals surface area contributed by atoms with E-state index in [1.807, 2.05) is 36.4 Å². The normalized spacial score (nSPS) is 11.6. The smallest absolute Gasteiger partial charge is 0.211 e. The van der Waals surface area contributed by atoms with Crippen molar-refractivity contribution < 1.29 is 0 Å². The number of aromatic nitrogens is 3. The third kappa shape index (κ3) is 4.45. The molecule has 55 heavy (non-hydrogen) atoms. The average Bonchev–Trinajstić information content (AvgIpc) is 3.89. The number of fused-ring (bicyclic) bond motifs is 9. The van der Waals surface area contributed by atoms with Crippen LogP contribution in [0.1, 0.15) is 0 Å². The standard InChI is InChI=1S/C50H29N5/c1-51-33-25-27-36(48(30-33)55-47-24-10-6-18-40(47)42-19-12-20-43(52-2)50(42)55)32-13-11-14-34(29-32)54-46-23-9-5-17-39(46)41-28-26-35(31-49(41)54)53-44-21-7-3-15-37(44)38-16-4-8-22-45(38)53/h3-31H. The van der Waals surface area contributed by atoms with E-state index in [0.717, 1.165) is 61.0 Å². The number of hydrogen-bond acceptors (Lipinski definition) is 0. The Morgan fingerprint density at radius 3 is 1.53 bits per heavy atom. The van der Waals surface area contributed by atoms with Gasteiger partial charge in [-0.15, -0.1) is 0 Å². The van der Waals surface area contributed by atoms with Crippen LogP contribution in [0, 0.1) is 13.1 Å². The minimum atomic E-state index is 0.543. The van der Waals surface area contributed by atoms with Gasteiger partial charge in [-0.05, 0) is 65.5 Å². The summed E-state index contributed by atoms with van der Waals surface area (Å²) >= 11 is 0. The summed E-state index contributed by atoms with van der Waals surface area (Å²) in [6.07, 6.45) is 0. The molecule has 5 nitrogen and oxygen atoms in total. The van der Waals surface area contributed by atoms with Gasteiger partial charge in [-0.2, -0.15) is 0 Å². The molecule has 0 amide bonds. The highest BCUT2D eigenvalue weighted by Gasteiger charge is 2.20. The number of rotatable bonds is 4. The fourth-order valence-corrected chi connectivity index (χ4v) is 8.75. The zero-order valence-corrected chi connectivity index (χ0v) is 29.5. The topological polar surface area (TPSA) is 23.5 Å². The summed E-state index contributed by atoms with van der Waals surface area (Å²) in [4.78, 5) is 7.80. The summed E-state index contributed by atoms with van der Waals surface area (Å²) in [6, 6.07) is 61.4. The van der Waals surface area contributed by atoms with Crippen LogP contribution < -0.4 is 0 Å². The molecule has 0 saturated heterocycles. The van der Waals surface area contributed by atoms with Gasteiger partial charge in [0.15, 0.2) is 5.69 Å². The molecule has 0 aliphatic rings. The summed E-state index contributed by atoms with van der Waals surface area (Å²) in [5.41, 5.74) is 12.5. The molecule has 3 heterocycles. The van der Waals surface area contributed by atoms with E-state index < -0.39 is 0 Å². The van der Waals surface area contributed by atoms with Crippen molar-refractivity contribution in [3.63, 3.8) is 0 Å². The molecule has 0 aliphatic carbocycles. The van der Waals surface area contributed by atoms with Gasteiger partial charge in [0.25, 0.3) is 0 Å². The van der Waals surface area contributed by atoms with Gasteiger partial charge in [-0.25, -0.2) is 9.69 Å². The number of benzene rings is 8. The molecule has 0 fully saturated rings. The summed E-state index contributed by atoms with van der Waals surface area (Å²) < 4.78 is 6.92. The van der Waals surface area contributed by atoms with Crippen LogP contribution >= 0.6 is 0 Å². The molecule has 0 aliphatic heterocycles. The van der Waals surface area contributed by atoms with E-state index in [0.29, 0.717) is 11.4 Å². The molecule has 5 heteroatoms. The predicted octanol–water partition coefficient (Wildman–Crippen LogP) is 13.7. The average molecular weight is 700 g/mol. The SMILES string of the molecule is [C-]#[N+]c1ccc(-c2cccc(-n3c4ccccc4c4ccc(-n5c6ccccc6c6ccccc65)cc43)c2)c(-n2c3ccccc3c3cccc([N+]#[C-])c32)c1. The van der Waals surface area contributed by atoms with Gasteiger partial charge in [0, 0.05) is 49.6 Å². The van der Waals surface area contributed by atoms with Gasteiger partial charge in [-0.1, -0.05) is 121 Å². The minimum absolute atomic E-state index is 0.543. The first-order chi connectivity index (χ1) is 27.2. The molecule has 3 aromatic heterocycles. The quantitative estimate of drug-likeness (QED) is 0.163. The second kappa shape index (κ2) is 11.8. The summed E-state index contributed by atoms with van der Waals surface area (Å²) in [6.45, 7) is 16.0. The Bertz CT molecular complexity index is 3420. The third-order valence-corrected chi connectivity index (χ3v) is 11.1. The van der Waals surface area contributed by atoms with E-state index >= 15 is 0 Å². The molecular weight excluding hydrogens is 671 g/mol. The Labute approximate surface area is 316 Å². The van der Waals surface area contributed by atoms with Crippen LogP contribution in [0.2, 0.25) is 0 Å². The molecule has 254 valence electrons. The van der Waals surface area contributed by atoms with Gasteiger partial charge >= 0.3 is 0 Å². The van der Waals surface area contributed by atoms with Crippen molar-refractivity contribution >= 4 is 76.8 Å². The fraction of sp³-hybridized carbons (Fsp3) is 0. The first-order valence-electron chi connectivity index (χ1n) is 18.3. The van der Waals surface area contributed by atoms with Crippen molar-refractivity contribution in [2.24, 2.45) is 0 Å². The molecule has 0 radical (unpaired) electrons. The van der Waals surface area contributed by atoms with Crippen molar-refractivity contribution in [2.75, 3.05) is 0 Å². The lowest BCUT2D eigenvalue weighted by atomic mass is 10.0. The second-order valence-electron chi connectivity index (χ2n) is 13.9. The van der Waals surface area contributed by atoms with Crippen LogP contribution in [0.4, 0.5) is 11.4 Å². The zero-order chi connectivity index (χ0) is 36.6. The highest BCUT2D eigenvalue weighted by Crippen LogP contribution is 2.42. The minimum Gasteiger partial charge on any atom is -0.320 e.